The number of carbonyl (C=O) groups is 1. The molecule has 5 nitrogen and oxygen atoms in total. The summed E-state index contributed by atoms with van der Waals surface area (Å²) in [6.45, 7) is 4.52. The first-order valence-electron chi connectivity index (χ1n) is 9.91. The molecule has 6 heteroatoms. The molecule has 1 N–H and O–H groups in total. The van der Waals surface area contributed by atoms with Gasteiger partial charge in [-0.3, -0.25) is 4.79 Å². The van der Waals surface area contributed by atoms with Crippen LogP contribution in [0.4, 0.5) is 5.69 Å². The Balaban J connectivity index is 1.54. The Kier molecular flexibility index (Phi) is 5.45. The molecule has 0 saturated carbocycles. The lowest BCUT2D eigenvalue weighted by Crippen LogP contribution is -2.29. The SMILES string of the molecule is Cc1ccc(S(=O)(=O)NCc2ccc3c(c2)N(C(=O)c2ccccc2)CC3)c(C)c1. The number of hydrogen-bond acceptors (Lipinski definition) is 3. The minimum Gasteiger partial charge on any atom is -0.308 e. The van der Waals surface area contributed by atoms with Crippen molar-refractivity contribution < 1.29 is 13.2 Å². The van der Waals surface area contributed by atoms with E-state index >= 15 is 0 Å². The van der Waals surface area contributed by atoms with E-state index in [-0.39, 0.29) is 17.3 Å². The maximum atomic E-state index is 12.9. The number of carbonyl (C=O) groups excluding carboxylic acids is 1. The summed E-state index contributed by atoms with van der Waals surface area (Å²) < 4.78 is 28.2. The summed E-state index contributed by atoms with van der Waals surface area (Å²) in [4.78, 5) is 15.0. The standard InChI is InChI=1S/C24H24N2O3S/c1-17-8-11-23(18(2)14-17)30(28,29)25-16-19-9-10-20-12-13-26(22(20)15-19)24(27)21-6-4-3-5-7-21/h3-11,14-15,25H,12-13,16H2,1-2H3. The Morgan fingerprint density at radius 1 is 1.00 bits per heavy atom. The summed E-state index contributed by atoms with van der Waals surface area (Å²) in [5, 5.41) is 0. The second kappa shape index (κ2) is 8.05. The number of rotatable bonds is 5. The molecular formula is C24H24N2O3S. The third-order valence-electron chi connectivity index (χ3n) is 5.40. The number of aryl methyl sites for hydroxylation is 2. The number of nitrogens with one attached hydrogen (secondary N) is 1. The molecule has 0 fully saturated rings. The van der Waals surface area contributed by atoms with E-state index in [0.29, 0.717) is 12.1 Å². The highest BCUT2D eigenvalue weighted by Crippen LogP contribution is 2.30. The fraction of sp³-hybridized carbons (Fsp3) is 0.208. The summed E-state index contributed by atoms with van der Waals surface area (Å²) in [7, 11) is -3.62. The van der Waals surface area contributed by atoms with E-state index in [2.05, 4.69) is 4.72 Å². The van der Waals surface area contributed by atoms with Gasteiger partial charge in [0.2, 0.25) is 10.0 Å². The van der Waals surface area contributed by atoms with Gasteiger partial charge in [-0.05, 0) is 61.2 Å². The Morgan fingerprint density at radius 3 is 2.50 bits per heavy atom. The average Bonchev–Trinajstić information content (AvgIpc) is 3.15. The molecule has 1 aliphatic heterocycles. The van der Waals surface area contributed by atoms with Crippen molar-refractivity contribution in [3.8, 4) is 0 Å². The van der Waals surface area contributed by atoms with E-state index in [0.717, 1.165) is 34.4 Å². The molecule has 0 aliphatic carbocycles. The second-order valence-corrected chi connectivity index (χ2v) is 9.36. The second-order valence-electron chi connectivity index (χ2n) is 7.63. The summed E-state index contributed by atoms with van der Waals surface area (Å²) in [5.74, 6) is -0.0395. The maximum Gasteiger partial charge on any atom is 0.258 e. The van der Waals surface area contributed by atoms with Crippen LogP contribution in [0.3, 0.4) is 0 Å². The highest BCUT2D eigenvalue weighted by atomic mass is 32.2. The van der Waals surface area contributed by atoms with E-state index in [1.165, 1.54) is 0 Å². The number of fused-ring (bicyclic) bond motifs is 1. The van der Waals surface area contributed by atoms with Crippen molar-refractivity contribution in [1.29, 1.82) is 0 Å². The van der Waals surface area contributed by atoms with Gasteiger partial charge in [0.1, 0.15) is 0 Å². The van der Waals surface area contributed by atoms with Gasteiger partial charge >= 0.3 is 0 Å². The largest absolute Gasteiger partial charge is 0.308 e. The summed E-state index contributed by atoms with van der Waals surface area (Å²) in [5.41, 5.74) is 5.15. The van der Waals surface area contributed by atoms with E-state index in [1.54, 1.807) is 24.0 Å². The van der Waals surface area contributed by atoms with Crippen LogP contribution in [0.15, 0.2) is 71.6 Å². The van der Waals surface area contributed by atoms with E-state index < -0.39 is 10.0 Å². The topological polar surface area (TPSA) is 66.5 Å². The monoisotopic (exact) mass is 420 g/mol. The highest BCUT2D eigenvalue weighted by molar-refractivity contribution is 7.89. The molecule has 3 aromatic carbocycles. The third-order valence-corrected chi connectivity index (χ3v) is 6.96. The molecular weight excluding hydrogens is 396 g/mol. The zero-order valence-corrected chi connectivity index (χ0v) is 17.9. The molecule has 0 unspecified atom stereocenters. The van der Waals surface area contributed by atoms with Gasteiger partial charge in [0.15, 0.2) is 0 Å². The first kappa shape index (κ1) is 20.3. The Labute approximate surface area is 177 Å². The lowest BCUT2D eigenvalue weighted by molar-refractivity contribution is 0.0989. The van der Waals surface area contributed by atoms with Crippen molar-refractivity contribution in [3.05, 3.63) is 94.5 Å². The van der Waals surface area contributed by atoms with Crippen molar-refractivity contribution in [2.24, 2.45) is 0 Å². The molecule has 4 rings (SSSR count). The predicted molar refractivity (Wildman–Crippen MR) is 118 cm³/mol. The number of amides is 1. The minimum absolute atomic E-state index is 0.0395. The molecule has 0 spiro atoms. The molecule has 0 radical (unpaired) electrons. The van der Waals surface area contributed by atoms with E-state index in [1.807, 2.05) is 61.5 Å². The van der Waals surface area contributed by atoms with Crippen LogP contribution in [-0.4, -0.2) is 20.9 Å². The average molecular weight is 421 g/mol. The number of sulfonamides is 1. The van der Waals surface area contributed by atoms with Crippen molar-refractivity contribution >= 4 is 21.6 Å². The lowest BCUT2D eigenvalue weighted by atomic mass is 10.1. The van der Waals surface area contributed by atoms with Crippen LogP contribution >= 0.6 is 0 Å². The van der Waals surface area contributed by atoms with Crippen LogP contribution in [0.5, 0.6) is 0 Å². The number of benzene rings is 3. The molecule has 0 aromatic heterocycles. The fourth-order valence-corrected chi connectivity index (χ4v) is 5.08. The fourth-order valence-electron chi connectivity index (χ4n) is 3.84. The molecule has 154 valence electrons. The van der Waals surface area contributed by atoms with Crippen LogP contribution in [0.2, 0.25) is 0 Å². The van der Waals surface area contributed by atoms with Gasteiger partial charge in [0.05, 0.1) is 4.90 Å². The molecule has 0 atom stereocenters. The minimum atomic E-state index is -3.62. The van der Waals surface area contributed by atoms with Gasteiger partial charge in [-0.15, -0.1) is 0 Å². The van der Waals surface area contributed by atoms with Crippen molar-refractivity contribution in [1.82, 2.24) is 4.72 Å². The van der Waals surface area contributed by atoms with Gasteiger partial charge in [-0.25, -0.2) is 13.1 Å². The van der Waals surface area contributed by atoms with Crippen LogP contribution in [0.25, 0.3) is 0 Å². The lowest BCUT2D eigenvalue weighted by Gasteiger charge is -2.18. The van der Waals surface area contributed by atoms with Gasteiger partial charge in [-0.1, -0.05) is 48.0 Å². The van der Waals surface area contributed by atoms with E-state index in [4.69, 9.17) is 0 Å². The van der Waals surface area contributed by atoms with Crippen LogP contribution in [-0.2, 0) is 23.0 Å². The Bertz CT molecular complexity index is 1200. The summed E-state index contributed by atoms with van der Waals surface area (Å²) in [6.07, 6.45) is 0.794. The molecule has 0 bridgehead atoms. The molecule has 1 aliphatic rings. The summed E-state index contributed by atoms with van der Waals surface area (Å²) >= 11 is 0. The van der Waals surface area contributed by atoms with Gasteiger partial charge in [-0.2, -0.15) is 0 Å². The first-order chi connectivity index (χ1) is 14.3. The quantitative estimate of drug-likeness (QED) is 0.679. The third kappa shape index (κ3) is 4.01. The van der Waals surface area contributed by atoms with Crippen molar-refractivity contribution in [3.63, 3.8) is 0 Å². The van der Waals surface area contributed by atoms with Crippen LogP contribution in [0.1, 0.15) is 32.6 Å². The van der Waals surface area contributed by atoms with Crippen LogP contribution < -0.4 is 9.62 Å². The maximum absolute atomic E-state index is 12.9. The van der Waals surface area contributed by atoms with Gasteiger partial charge in [0.25, 0.3) is 5.91 Å². The molecule has 30 heavy (non-hydrogen) atoms. The van der Waals surface area contributed by atoms with Crippen molar-refractivity contribution in [2.45, 2.75) is 31.7 Å². The zero-order valence-electron chi connectivity index (χ0n) is 17.1. The number of nitrogens with zero attached hydrogens (tertiary/aromatic N) is 1. The normalized spacial score (nSPS) is 13.3. The molecule has 0 saturated heterocycles. The van der Waals surface area contributed by atoms with Crippen LogP contribution in [0, 0.1) is 13.8 Å². The van der Waals surface area contributed by atoms with Gasteiger partial charge < -0.3 is 4.90 Å². The number of anilines is 1. The Hall–Kier alpha value is -2.96. The van der Waals surface area contributed by atoms with Gasteiger partial charge in [0, 0.05) is 24.3 Å². The highest BCUT2D eigenvalue weighted by Gasteiger charge is 2.26. The first-order valence-corrected chi connectivity index (χ1v) is 11.4. The Morgan fingerprint density at radius 2 is 1.77 bits per heavy atom. The summed E-state index contributed by atoms with van der Waals surface area (Å²) in [6, 6.07) is 20.3. The molecule has 3 aromatic rings. The smallest absolute Gasteiger partial charge is 0.258 e. The zero-order chi connectivity index (χ0) is 21.3. The molecule has 1 heterocycles. The molecule has 1 amide bonds. The van der Waals surface area contributed by atoms with Crippen molar-refractivity contribution in [2.75, 3.05) is 11.4 Å². The number of hydrogen-bond donors (Lipinski definition) is 1. The van der Waals surface area contributed by atoms with E-state index in [9.17, 15) is 13.2 Å². The predicted octanol–water partition coefficient (Wildman–Crippen LogP) is 3.98.